The summed E-state index contributed by atoms with van der Waals surface area (Å²) in [6.07, 6.45) is 1.54. The minimum atomic E-state index is -2.16. The predicted molar refractivity (Wildman–Crippen MR) is 55.8 cm³/mol. The minimum absolute atomic E-state index is 0.235. The third kappa shape index (κ3) is 2.30. The molecule has 5 nitrogen and oxygen atoms in total. The van der Waals surface area contributed by atoms with Gasteiger partial charge in [-0.1, -0.05) is 0 Å². The first-order valence-corrected chi connectivity index (χ1v) is 6.65. The SMILES string of the molecule is COc1ncc([P+](C)(C)O)c(OC)n1. The summed E-state index contributed by atoms with van der Waals surface area (Å²) in [4.78, 5) is 17.8. The van der Waals surface area contributed by atoms with E-state index in [4.69, 9.17) is 9.47 Å². The van der Waals surface area contributed by atoms with E-state index in [1.54, 1.807) is 19.5 Å². The standard InChI is InChI=1S/C8H14N2O3P/c1-12-7-6(14(3,4)11)5-9-8(10-7)13-2/h5,11H,1-4H3/q+1. The van der Waals surface area contributed by atoms with Crippen LogP contribution in [-0.2, 0) is 0 Å². The van der Waals surface area contributed by atoms with E-state index >= 15 is 0 Å². The Bertz CT molecular complexity index is 325. The maximum atomic E-state index is 9.87. The Labute approximate surface area is 83.5 Å². The van der Waals surface area contributed by atoms with Crippen LogP contribution in [0, 0.1) is 0 Å². The summed E-state index contributed by atoms with van der Waals surface area (Å²) in [6, 6.07) is 0.235. The van der Waals surface area contributed by atoms with Crippen molar-refractivity contribution >= 4 is 12.8 Å². The monoisotopic (exact) mass is 217 g/mol. The van der Waals surface area contributed by atoms with Crippen molar-refractivity contribution in [2.75, 3.05) is 27.5 Å². The molecule has 14 heavy (non-hydrogen) atoms. The van der Waals surface area contributed by atoms with Gasteiger partial charge in [-0.05, 0) is 0 Å². The number of hydrogen-bond donors (Lipinski definition) is 1. The molecule has 1 aromatic heterocycles. The second-order valence-corrected chi connectivity index (χ2v) is 6.42. The molecular weight excluding hydrogens is 203 g/mol. The fourth-order valence-corrected chi connectivity index (χ4v) is 1.92. The summed E-state index contributed by atoms with van der Waals surface area (Å²) >= 11 is 0. The fraction of sp³-hybridized carbons (Fsp3) is 0.500. The summed E-state index contributed by atoms with van der Waals surface area (Å²) in [5.74, 6) is 0.373. The summed E-state index contributed by atoms with van der Waals surface area (Å²) in [5, 5.41) is 0.640. The number of nitrogens with zero attached hydrogens (tertiary/aromatic N) is 2. The molecule has 1 N–H and O–H groups in total. The molecule has 0 fully saturated rings. The van der Waals surface area contributed by atoms with Crippen molar-refractivity contribution in [3.8, 4) is 11.9 Å². The van der Waals surface area contributed by atoms with E-state index in [9.17, 15) is 4.89 Å². The van der Waals surface area contributed by atoms with Crippen molar-refractivity contribution < 1.29 is 14.4 Å². The van der Waals surface area contributed by atoms with E-state index < -0.39 is 7.49 Å². The second-order valence-electron chi connectivity index (χ2n) is 3.15. The van der Waals surface area contributed by atoms with Gasteiger partial charge in [-0.25, -0.2) is 4.89 Å². The Morgan fingerprint density at radius 2 is 1.93 bits per heavy atom. The van der Waals surface area contributed by atoms with Crippen LogP contribution in [0.25, 0.3) is 0 Å². The summed E-state index contributed by atoms with van der Waals surface area (Å²) in [5.41, 5.74) is 0. The van der Waals surface area contributed by atoms with E-state index in [1.807, 2.05) is 0 Å². The van der Waals surface area contributed by atoms with Gasteiger partial charge in [0.05, 0.1) is 33.7 Å². The molecule has 0 amide bonds. The van der Waals surface area contributed by atoms with Crippen LogP contribution >= 0.6 is 7.49 Å². The largest absolute Gasteiger partial charge is 0.478 e. The van der Waals surface area contributed by atoms with E-state index in [0.29, 0.717) is 11.2 Å². The first kappa shape index (κ1) is 11.1. The van der Waals surface area contributed by atoms with Crippen molar-refractivity contribution in [2.45, 2.75) is 0 Å². The topological polar surface area (TPSA) is 64.5 Å². The zero-order valence-corrected chi connectivity index (χ0v) is 9.58. The van der Waals surface area contributed by atoms with E-state index in [-0.39, 0.29) is 6.01 Å². The van der Waals surface area contributed by atoms with Gasteiger partial charge >= 0.3 is 6.01 Å². The molecule has 0 unspecified atom stereocenters. The molecule has 0 aliphatic carbocycles. The summed E-state index contributed by atoms with van der Waals surface area (Å²) in [7, 11) is 0.823. The minimum Gasteiger partial charge on any atom is -0.478 e. The molecule has 0 aliphatic heterocycles. The van der Waals surface area contributed by atoms with Crippen molar-refractivity contribution in [1.29, 1.82) is 0 Å². The molecule has 6 heteroatoms. The van der Waals surface area contributed by atoms with Crippen LogP contribution in [0.4, 0.5) is 0 Å². The molecule has 0 aromatic carbocycles. The van der Waals surface area contributed by atoms with Crippen LogP contribution in [0.3, 0.4) is 0 Å². The van der Waals surface area contributed by atoms with Gasteiger partial charge in [0.1, 0.15) is 0 Å². The van der Waals surface area contributed by atoms with Gasteiger partial charge < -0.3 is 9.47 Å². The molecular formula is C8H14N2O3P+. The molecule has 0 atom stereocenters. The smallest absolute Gasteiger partial charge is 0.319 e. The lowest BCUT2D eigenvalue weighted by Crippen LogP contribution is -2.15. The highest BCUT2D eigenvalue weighted by Gasteiger charge is 2.31. The van der Waals surface area contributed by atoms with Crippen LogP contribution in [0.5, 0.6) is 11.9 Å². The average molecular weight is 217 g/mol. The number of rotatable bonds is 3. The highest BCUT2D eigenvalue weighted by Crippen LogP contribution is 2.46. The lowest BCUT2D eigenvalue weighted by Gasteiger charge is -2.11. The first-order valence-electron chi connectivity index (χ1n) is 4.01. The number of ether oxygens (including phenoxy) is 2. The normalized spacial score (nSPS) is 11.2. The van der Waals surface area contributed by atoms with Crippen LogP contribution in [0.1, 0.15) is 0 Å². The van der Waals surface area contributed by atoms with Crippen LogP contribution < -0.4 is 14.8 Å². The Balaban J connectivity index is 3.18. The Hall–Kier alpha value is -0.930. The number of hydrogen-bond acceptors (Lipinski definition) is 5. The van der Waals surface area contributed by atoms with Gasteiger partial charge in [0.15, 0.2) is 7.49 Å². The molecule has 1 rings (SSSR count). The molecule has 0 aliphatic rings. The lowest BCUT2D eigenvalue weighted by atomic mass is 10.6. The Morgan fingerprint density at radius 3 is 2.36 bits per heavy atom. The maximum absolute atomic E-state index is 9.87. The Morgan fingerprint density at radius 1 is 1.29 bits per heavy atom. The van der Waals surface area contributed by atoms with Gasteiger partial charge in [0.2, 0.25) is 5.30 Å². The summed E-state index contributed by atoms with van der Waals surface area (Å²) < 4.78 is 9.90. The van der Waals surface area contributed by atoms with Crippen LogP contribution in [0.2, 0.25) is 0 Å². The summed E-state index contributed by atoms with van der Waals surface area (Å²) in [6.45, 7) is 3.50. The van der Waals surface area contributed by atoms with E-state index in [2.05, 4.69) is 9.97 Å². The molecule has 0 bridgehead atoms. The third-order valence-corrected chi connectivity index (χ3v) is 3.16. The molecule has 0 saturated heterocycles. The zero-order chi connectivity index (χ0) is 10.8. The number of methoxy groups -OCH3 is 2. The zero-order valence-electron chi connectivity index (χ0n) is 8.68. The van der Waals surface area contributed by atoms with Crippen LogP contribution in [0.15, 0.2) is 6.20 Å². The highest BCUT2D eigenvalue weighted by molar-refractivity contribution is 7.76. The van der Waals surface area contributed by atoms with E-state index in [1.165, 1.54) is 14.2 Å². The fourth-order valence-electron chi connectivity index (χ4n) is 0.969. The number of aromatic nitrogens is 2. The Kier molecular flexibility index (Phi) is 3.24. The van der Waals surface area contributed by atoms with Crippen molar-refractivity contribution in [3.05, 3.63) is 6.20 Å². The third-order valence-electron chi connectivity index (χ3n) is 1.68. The quantitative estimate of drug-likeness (QED) is 0.738. The van der Waals surface area contributed by atoms with Crippen molar-refractivity contribution in [3.63, 3.8) is 0 Å². The van der Waals surface area contributed by atoms with Gasteiger partial charge in [-0.3, -0.25) is 0 Å². The van der Waals surface area contributed by atoms with Gasteiger partial charge in [0.25, 0.3) is 5.88 Å². The van der Waals surface area contributed by atoms with Gasteiger partial charge in [-0.2, -0.15) is 9.97 Å². The molecule has 1 aromatic rings. The molecule has 0 spiro atoms. The molecule has 1 heterocycles. The lowest BCUT2D eigenvalue weighted by molar-refractivity contribution is 0.354. The van der Waals surface area contributed by atoms with Gasteiger partial charge in [0, 0.05) is 0 Å². The highest BCUT2D eigenvalue weighted by atomic mass is 31.2. The predicted octanol–water partition coefficient (Wildman–Crippen LogP) is 0.304. The molecule has 78 valence electrons. The van der Waals surface area contributed by atoms with Crippen molar-refractivity contribution in [2.24, 2.45) is 0 Å². The first-order chi connectivity index (χ1) is 6.49. The van der Waals surface area contributed by atoms with Gasteiger partial charge in [-0.15, -0.1) is 0 Å². The second kappa shape index (κ2) is 4.07. The molecule has 0 saturated carbocycles. The molecule has 0 radical (unpaired) electrons. The van der Waals surface area contributed by atoms with E-state index in [0.717, 1.165) is 0 Å². The van der Waals surface area contributed by atoms with Crippen molar-refractivity contribution in [1.82, 2.24) is 9.97 Å². The maximum Gasteiger partial charge on any atom is 0.319 e. The average Bonchev–Trinajstić information content (AvgIpc) is 2.15. The van der Waals surface area contributed by atoms with Crippen LogP contribution in [-0.4, -0.2) is 42.4 Å².